The highest BCUT2D eigenvalue weighted by molar-refractivity contribution is 5.73. The quantitative estimate of drug-likeness (QED) is 0.776. The molecule has 0 aromatic carbocycles. The number of hydrogen-bond donors (Lipinski definition) is 2. The number of piperazine rings is 1. The summed E-state index contributed by atoms with van der Waals surface area (Å²) in [7, 11) is 0. The molecule has 5 heteroatoms. The Morgan fingerprint density at radius 1 is 1.14 bits per heavy atom. The molecule has 3 fully saturated rings. The number of carbonyl (C=O) groups is 1. The molecule has 2 aliphatic heterocycles. The SMILES string of the molecule is CC(=O)N1CCN(CC2(O)CCNCC23CCCC3)CC1. The van der Waals surface area contributed by atoms with Crippen LogP contribution in [-0.4, -0.2) is 72.2 Å². The molecule has 1 aliphatic carbocycles. The van der Waals surface area contributed by atoms with Crippen molar-refractivity contribution in [3.63, 3.8) is 0 Å². The number of rotatable bonds is 2. The van der Waals surface area contributed by atoms with Crippen LogP contribution in [-0.2, 0) is 4.79 Å². The van der Waals surface area contributed by atoms with Crippen LogP contribution in [0.3, 0.4) is 0 Å². The molecule has 0 aromatic heterocycles. The second-order valence-electron chi connectivity index (χ2n) is 7.23. The number of piperidine rings is 1. The largest absolute Gasteiger partial charge is 0.388 e. The van der Waals surface area contributed by atoms with Gasteiger partial charge in [-0.2, -0.15) is 0 Å². The molecule has 1 saturated carbocycles. The van der Waals surface area contributed by atoms with E-state index in [2.05, 4.69) is 10.2 Å². The summed E-state index contributed by atoms with van der Waals surface area (Å²) in [5, 5.41) is 14.9. The minimum Gasteiger partial charge on any atom is -0.388 e. The molecule has 5 nitrogen and oxygen atoms in total. The maximum atomic E-state index is 11.4. The van der Waals surface area contributed by atoms with E-state index in [1.807, 2.05) is 4.90 Å². The van der Waals surface area contributed by atoms with Crippen LogP contribution in [0.5, 0.6) is 0 Å². The van der Waals surface area contributed by atoms with E-state index in [1.165, 1.54) is 12.8 Å². The first-order valence-electron chi connectivity index (χ1n) is 8.46. The summed E-state index contributed by atoms with van der Waals surface area (Å²) in [6.07, 6.45) is 5.68. The lowest BCUT2D eigenvalue weighted by Crippen LogP contribution is -2.63. The Balaban J connectivity index is 1.64. The van der Waals surface area contributed by atoms with Crippen molar-refractivity contribution in [3.05, 3.63) is 0 Å². The first-order valence-corrected chi connectivity index (χ1v) is 8.46. The number of carbonyl (C=O) groups excluding carboxylic acids is 1. The smallest absolute Gasteiger partial charge is 0.219 e. The Labute approximate surface area is 127 Å². The number of amides is 1. The van der Waals surface area contributed by atoms with Gasteiger partial charge in [-0.1, -0.05) is 12.8 Å². The summed E-state index contributed by atoms with van der Waals surface area (Å²) in [5.74, 6) is 0.169. The van der Waals surface area contributed by atoms with Crippen molar-refractivity contribution in [2.45, 2.75) is 44.6 Å². The maximum absolute atomic E-state index is 11.4. The third kappa shape index (κ3) is 2.83. The number of nitrogens with zero attached hydrogens (tertiary/aromatic N) is 2. The molecule has 3 aliphatic rings. The highest BCUT2D eigenvalue weighted by atomic mass is 16.3. The molecular formula is C16H29N3O2. The third-order valence-electron chi connectivity index (χ3n) is 6.03. The fraction of sp³-hybridized carbons (Fsp3) is 0.938. The van der Waals surface area contributed by atoms with Crippen molar-refractivity contribution < 1.29 is 9.90 Å². The van der Waals surface area contributed by atoms with Gasteiger partial charge in [0.2, 0.25) is 5.91 Å². The molecule has 0 radical (unpaired) electrons. The van der Waals surface area contributed by atoms with Crippen LogP contribution in [0.15, 0.2) is 0 Å². The molecule has 120 valence electrons. The van der Waals surface area contributed by atoms with Gasteiger partial charge < -0.3 is 15.3 Å². The summed E-state index contributed by atoms with van der Waals surface area (Å²) in [4.78, 5) is 15.7. The molecule has 2 heterocycles. The highest BCUT2D eigenvalue weighted by Crippen LogP contribution is 2.49. The summed E-state index contributed by atoms with van der Waals surface area (Å²) in [6.45, 7) is 7.71. The standard InChI is InChI=1S/C16H29N3O2/c1-14(20)19-10-8-18(9-11-19)13-16(21)6-7-17-12-15(16)4-2-3-5-15/h17,21H,2-13H2,1H3. The minimum atomic E-state index is -0.548. The lowest BCUT2D eigenvalue weighted by Gasteiger charge is -2.51. The van der Waals surface area contributed by atoms with Crippen LogP contribution in [0.2, 0.25) is 0 Å². The van der Waals surface area contributed by atoms with Crippen molar-refractivity contribution in [1.29, 1.82) is 0 Å². The van der Waals surface area contributed by atoms with Gasteiger partial charge in [-0.05, 0) is 25.8 Å². The van der Waals surface area contributed by atoms with Gasteiger partial charge in [0.05, 0.1) is 5.60 Å². The summed E-state index contributed by atoms with van der Waals surface area (Å²) in [5.41, 5.74) is -0.462. The second-order valence-corrected chi connectivity index (χ2v) is 7.23. The first-order chi connectivity index (χ1) is 10.0. The van der Waals surface area contributed by atoms with E-state index in [0.717, 1.165) is 65.1 Å². The van der Waals surface area contributed by atoms with Gasteiger partial charge >= 0.3 is 0 Å². The Bertz CT molecular complexity index is 387. The van der Waals surface area contributed by atoms with Gasteiger partial charge in [-0.25, -0.2) is 0 Å². The Morgan fingerprint density at radius 2 is 1.81 bits per heavy atom. The molecule has 0 bridgehead atoms. The van der Waals surface area contributed by atoms with Gasteiger partial charge in [0.1, 0.15) is 0 Å². The van der Waals surface area contributed by atoms with Crippen molar-refractivity contribution in [2.24, 2.45) is 5.41 Å². The Kier molecular flexibility index (Phi) is 4.26. The number of nitrogens with one attached hydrogen (secondary N) is 1. The molecule has 1 atom stereocenters. The predicted molar refractivity (Wildman–Crippen MR) is 82.0 cm³/mol. The molecular weight excluding hydrogens is 266 g/mol. The van der Waals surface area contributed by atoms with Crippen LogP contribution >= 0.6 is 0 Å². The molecule has 1 amide bonds. The topological polar surface area (TPSA) is 55.8 Å². The minimum absolute atomic E-state index is 0.0863. The van der Waals surface area contributed by atoms with E-state index < -0.39 is 5.60 Å². The number of β-amino-alcohol motifs (C(OH)–C–C–N with tert-alkyl or cyclic N) is 1. The molecule has 21 heavy (non-hydrogen) atoms. The average Bonchev–Trinajstić information content (AvgIpc) is 2.93. The van der Waals surface area contributed by atoms with Gasteiger partial charge in [0, 0.05) is 51.6 Å². The van der Waals surface area contributed by atoms with Gasteiger partial charge in [0.15, 0.2) is 0 Å². The third-order valence-corrected chi connectivity index (χ3v) is 6.03. The molecule has 2 N–H and O–H groups in total. The summed E-state index contributed by atoms with van der Waals surface area (Å²) >= 11 is 0. The number of hydrogen-bond acceptors (Lipinski definition) is 4. The van der Waals surface area contributed by atoms with Crippen molar-refractivity contribution in [3.8, 4) is 0 Å². The zero-order chi connectivity index (χ0) is 14.9. The molecule has 1 spiro atoms. The maximum Gasteiger partial charge on any atom is 0.219 e. The number of aliphatic hydroxyl groups is 1. The predicted octanol–water partition coefficient (Wildman–Crippen LogP) is 0.435. The van der Waals surface area contributed by atoms with E-state index in [4.69, 9.17) is 0 Å². The monoisotopic (exact) mass is 295 g/mol. The van der Waals surface area contributed by atoms with E-state index in [-0.39, 0.29) is 11.3 Å². The summed E-state index contributed by atoms with van der Waals surface area (Å²) < 4.78 is 0. The lowest BCUT2D eigenvalue weighted by molar-refractivity contribution is -0.135. The van der Waals surface area contributed by atoms with Crippen LogP contribution < -0.4 is 5.32 Å². The molecule has 2 saturated heterocycles. The second kappa shape index (κ2) is 5.86. The fourth-order valence-corrected chi connectivity index (χ4v) is 4.58. The molecule has 0 aromatic rings. The van der Waals surface area contributed by atoms with Gasteiger partial charge in [0.25, 0.3) is 0 Å². The highest BCUT2D eigenvalue weighted by Gasteiger charge is 2.53. The van der Waals surface area contributed by atoms with E-state index >= 15 is 0 Å². The van der Waals surface area contributed by atoms with Crippen molar-refractivity contribution in [1.82, 2.24) is 15.1 Å². The summed E-state index contributed by atoms with van der Waals surface area (Å²) in [6, 6.07) is 0. The average molecular weight is 295 g/mol. The van der Waals surface area contributed by atoms with Gasteiger partial charge in [-0.15, -0.1) is 0 Å². The van der Waals surface area contributed by atoms with Crippen LogP contribution in [0.25, 0.3) is 0 Å². The fourth-order valence-electron chi connectivity index (χ4n) is 4.58. The van der Waals surface area contributed by atoms with Crippen molar-refractivity contribution >= 4 is 5.91 Å². The molecule has 1 unspecified atom stereocenters. The van der Waals surface area contributed by atoms with E-state index in [1.54, 1.807) is 6.92 Å². The Morgan fingerprint density at radius 3 is 2.43 bits per heavy atom. The van der Waals surface area contributed by atoms with Crippen LogP contribution in [0.1, 0.15) is 39.0 Å². The Hall–Kier alpha value is -0.650. The van der Waals surface area contributed by atoms with Gasteiger partial charge in [-0.3, -0.25) is 9.69 Å². The zero-order valence-electron chi connectivity index (χ0n) is 13.2. The van der Waals surface area contributed by atoms with Crippen LogP contribution in [0.4, 0.5) is 0 Å². The lowest BCUT2D eigenvalue weighted by atomic mass is 9.66. The zero-order valence-corrected chi connectivity index (χ0v) is 13.2. The van der Waals surface area contributed by atoms with E-state index in [0.29, 0.717) is 0 Å². The van der Waals surface area contributed by atoms with Crippen molar-refractivity contribution in [2.75, 3.05) is 45.8 Å². The normalized spacial score (nSPS) is 33.5. The van der Waals surface area contributed by atoms with Crippen LogP contribution in [0, 0.1) is 5.41 Å². The first kappa shape index (κ1) is 15.3. The molecule has 3 rings (SSSR count). The van der Waals surface area contributed by atoms with E-state index in [9.17, 15) is 9.90 Å².